The zero-order valence-corrected chi connectivity index (χ0v) is 21.2. The van der Waals surface area contributed by atoms with Gasteiger partial charge in [0.05, 0.1) is 18.2 Å². The number of aliphatic hydroxyl groups is 1. The molecule has 1 saturated carbocycles. The van der Waals surface area contributed by atoms with Crippen LogP contribution in [0.15, 0.2) is 30.5 Å². The molecule has 13 nitrogen and oxygen atoms in total. The minimum atomic E-state index is -5.61. The third kappa shape index (κ3) is 7.11. The maximum Gasteiger partial charge on any atom is 0.490 e. The standard InChI is InChI=1S/C19H28NO12P3/c21-17-11-19(30-18(17)12-29-34(25,26)32-35(27,28)31-33(22,23)24)20-9-8-15-10-14(6-7-16(15)20)13-4-2-1-3-5-13/h6-10,13,17-19,21H,1-5,11-12H2,(H,25,26)(H,27,28)(H2,22,23,24)/t17-,18+,19+/m0/s1. The van der Waals surface area contributed by atoms with Gasteiger partial charge in [-0.25, -0.2) is 13.7 Å². The number of ether oxygens (including phenoxy) is 1. The molecule has 4 rings (SSSR count). The number of hydrogen-bond acceptors (Lipinski definition) is 8. The minimum absolute atomic E-state index is 0.151. The van der Waals surface area contributed by atoms with Gasteiger partial charge < -0.3 is 34.0 Å². The number of nitrogens with zero attached hydrogens (tertiary/aromatic N) is 1. The number of benzene rings is 1. The number of phosphoric acid groups is 3. The Balaban J connectivity index is 1.38. The van der Waals surface area contributed by atoms with Gasteiger partial charge >= 0.3 is 23.5 Å². The molecule has 1 aromatic carbocycles. The Labute approximate surface area is 201 Å². The molecule has 196 valence electrons. The van der Waals surface area contributed by atoms with E-state index in [4.69, 9.17) is 14.5 Å². The first-order chi connectivity index (χ1) is 16.3. The van der Waals surface area contributed by atoms with Crippen LogP contribution in [0.2, 0.25) is 0 Å². The lowest BCUT2D eigenvalue weighted by molar-refractivity contribution is -0.0420. The van der Waals surface area contributed by atoms with Gasteiger partial charge in [-0.2, -0.15) is 8.62 Å². The Bertz CT molecular complexity index is 1190. The molecule has 1 aliphatic carbocycles. The van der Waals surface area contributed by atoms with E-state index in [1.54, 1.807) is 0 Å². The molecule has 0 bridgehead atoms. The highest BCUT2D eigenvalue weighted by Crippen LogP contribution is 2.66. The second-order valence-corrected chi connectivity index (χ2v) is 13.1. The van der Waals surface area contributed by atoms with Crippen molar-refractivity contribution in [2.75, 3.05) is 6.61 Å². The maximum atomic E-state index is 11.9. The Hall–Kier alpha value is -0.910. The molecule has 5 N–H and O–H groups in total. The summed E-state index contributed by atoms with van der Waals surface area (Å²) in [5, 5.41) is 11.4. The van der Waals surface area contributed by atoms with E-state index in [1.807, 2.05) is 22.9 Å². The molecule has 2 aliphatic rings. The van der Waals surface area contributed by atoms with E-state index < -0.39 is 48.5 Å². The topological polar surface area (TPSA) is 194 Å². The molecular formula is C19H28NO12P3. The molecule has 0 amide bonds. The molecule has 16 heteroatoms. The van der Waals surface area contributed by atoms with Crippen molar-refractivity contribution in [3.63, 3.8) is 0 Å². The zero-order chi connectivity index (χ0) is 25.4. The molecular weight excluding hydrogens is 527 g/mol. The summed E-state index contributed by atoms with van der Waals surface area (Å²) in [6.07, 6.45) is 5.32. The van der Waals surface area contributed by atoms with Crippen LogP contribution in [0.4, 0.5) is 0 Å². The van der Waals surface area contributed by atoms with E-state index >= 15 is 0 Å². The lowest BCUT2D eigenvalue weighted by atomic mass is 9.84. The molecule has 2 aromatic rings. The highest BCUT2D eigenvalue weighted by Gasteiger charge is 2.42. The summed E-state index contributed by atoms with van der Waals surface area (Å²) in [6.45, 7) is -0.702. The molecule has 0 spiro atoms. The molecule has 1 aliphatic heterocycles. The maximum absolute atomic E-state index is 11.9. The fourth-order valence-corrected chi connectivity index (χ4v) is 7.66. The van der Waals surface area contributed by atoms with E-state index in [0.29, 0.717) is 5.92 Å². The summed E-state index contributed by atoms with van der Waals surface area (Å²) in [6, 6.07) is 8.23. The molecule has 1 saturated heterocycles. The molecule has 2 fully saturated rings. The first kappa shape index (κ1) is 27.1. The Morgan fingerprint density at radius 2 is 1.69 bits per heavy atom. The molecule has 1 aromatic heterocycles. The molecule has 5 atom stereocenters. The van der Waals surface area contributed by atoms with Crippen LogP contribution in [0.25, 0.3) is 10.9 Å². The largest absolute Gasteiger partial charge is 0.490 e. The number of aromatic nitrogens is 1. The van der Waals surface area contributed by atoms with Crippen molar-refractivity contribution in [2.45, 2.75) is 62.9 Å². The number of phosphoric ester groups is 1. The molecule has 35 heavy (non-hydrogen) atoms. The predicted octanol–water partition coefficient (Wildman–Crippen LogP) is 3.68. The van der Waals surface area contributed by atoms with E-state index in [-0.39, 0.29) is 6.42 Å². The average Bonchev–Trinajstić information content (AvgIpc) is 3.33. The fraction of sp³-hybridized carbons (Fsp3) is 0.579. The van der Waals surface area contributed by atoms with Gasteiger partial charge in [-0.1, -0.05) is 25.3 Å². The number of hydrogen-bond donors (Lipinski definition) is 5. The van der Waals surface area contributed by atoms with Gasteiger partial charge in [0.2, 0.25) is 0 Å². The van der Waals surface area contributed by atoms with E-state index in [9.17, 15) is 28.6 Å². The smallest absolute Gasteiger partial charge is 0.390 e. The van der Waals surface area contributed by atoms with Crippen molar-refractivity contribution in [3.8, 4) is 0 Å². The van der Waals surface area contributed by atoms with Crippen LogP contribution in [0.1, 0.15) is 56.2 Å². The van der Waals surface area contributed by atoms with Gasteiger partial charge in [0.15, 0.2) is 0 Å². The minimum Gasteiger partial charge on any atom is -0.390 e. The Morgan fingerprint density at radius 3 is 2.37 bits per heavy atom. The van der Waals surface area contributed by atoms with Gasteiger partial charge in [0, 0.05) is 12.6 Å². The van der Waals surface area contributed by atoms with Crippen LogP contribution in [0.5, 0.6) is 0 Å². The molecule has 0 radical (unpaired) electrons. The zero-order valence-electron chi connectivity index (χ0n) is 18.5. The van der Waals surface area contributed by atoms with Crippen molar-refractivity contribution in [1.29, 1.82) is 0 Å². The summed E-state index contributed by atoms with van der Waals surface area (Å²) < 4.78 is 53.6. The van der Waals surface area contributed by atoms with Crippen molar-refractivity contribution in [3.05, 3.63) is 36.0 Å². The van der Waals surface area contributed by atoms with Crippen LogP contribution < -0.4 is 0 Å². The second kappa shape index (κ2) is 10.5. The summed E-state index contributed by atoms with van der Waals surface area (Å²) in [5.74, 6) is 0.556. The monoisotopic (exact) mass is 555 g/mol. The van der Waals surface area contributed by atoms with E-state index in [2.05, 4.69) is 25.3 Å². The van der Waals surface area contributed by atoms with Gasteiger partial charge in [0.25, 0.3) is 0 Å². The lowest BCUT2D eigenvalue weighted by Gasteiger charge is -2.22. The van der Waals surface area contributed by atoms with Gasteiger partial charge in [-0.05, 0) is 47.9 Å². The summed E-state index contributed by atoms with van der Waals surface area (Å²) in [4.78, 5) is 36.0. The van der Waals surface area contributed by atoms with Crippen LogP contribution in [-0.4, -0.2) is 48.1 Å². The third-order valence-corrected chi connectivity index (χ3v) is 9.96. The lowest BCUT2D eigenvalue weighted by Crippen LogP contribution is -2.26. The Kier molecular flexibility index (Phi) is 8.11. The normalized spacial score (nSPS) is 27.6. The van der Waals surface area contributed by atoms with Crippen LogP contribution in [0.3, 0.4) is 0 Å². The van der Waals surface area contributed by atoms with Crippen molar-refractivity contribution in [1.82, 2.24) is 4.57 Å². The van der Waals surface area contributed by atoms with Crippen LogP contribution in [0, 0.1) is 0 Å². The predicted molar refractivity (Wildman–Crippen MR) is 122 cm³/mol. The first-order valence-corrected chi connectivity index (χ1v) is 15.6. The number of fused-ring (bicyclic) bond motifs is 1. The molecule has 2 heterocycles. The fourth-order valence-electron chi connectivity index (χ4n) is 4.63. The number of aliphatic hydroxyl groups excluding tert-OH is 1. The van der Waals surface area contributed by atoms with Gasteiger partial charge in [0.1, 0.15) is 12.3 Å². The quantitative estimate of drug-likeness (QED) is 0.282. The highest BCUT2D eigenvalue weighted by molar-refractivity contribution is 7.66. The average molecular weight is 555 g/mol. The highest BCUT2D eigenvalue weighted by atomic mass is 31.3. The third-order valence-electron chi connectivity index (χ3n) is 6.15. The summed E-state index contributed by atoms with van der Waals surface area (Å²) in [7, 11) is -16.4. The first-order valence-electron chi connectivity index (χ1n) is 11.0. The number of rotatable bonds is 9. The van der Waals surface area contributed by atoms with Crippen molar-refractivity contribution in [2.24, 2.45) is 0 Å². The van der Waals surface area contributed by atoms with E-state index in [0.717, 1.165) is 10.9 Å². The van der Waals surface area contributed by atoms with Crippen molar-refractivity contribution >= 4 is 34.4 Å². The van der Waals surface area contributed by atoms with Gasteiger partial charge in [-0.3, -0.25) is 4.52 Å². The Morgan fingerprint density at radius 1 is 0.971 bits per heavy atom. The summed E-state index contributed by atoms with van der Waals surface area (Å²) in [5.41, 5.74) is 2.20. The summed E-state index contributed by atoms with van der Waals surface area (Å²) >= 11 is 0. The second-order valence-electron chi connectivity index (χ2n) is 8.70. The van der Waals surface area contributed by atoms with Crippen LogP contribution >= 0.6 is 23.5 Å². The SMILES string of the molecule is O=P(O)(O)OP(=O)(O)OP(=O)(O)OC[C@H]1O[C@@H](n2ccc3cc(C4CCCCC4)ccc32)C[C@@H]1O. The van der Waals surface area contributed by atoms with E-state index in [1.165, 1.54) is 37.7 Å². The van der Waals surface area contributed by atoms with Crippen molar-refractivity contribution < 1.29 is 56.3 Å². The molecule has 2 unspecified atom stereocenters. The van der Waals surface area contributed by atoms with Crippen LogP contribution in [-0.2, 0) is 31.6 Å². The van der Waals surface area contributed by atoms with Gasteiger partial charge in [-0.15, -0.1) is 0 Å².